The summed E-state index contributed by atoms with van der Waals surface area (Å²) in [7, 11) is -3.64. The molecule has 2 amide bonds. The first-order valence-electron chi connectivity index (χ1n) is 10.9. The molecule has 0 radical (unpaired) electrons. The van der Waals surface area contributed by atoms with Gasteiger partial charge in [0.25, 0.3) is 5.91 Å². The Morgan fingerprint density at radius 3 is 2.24 bits per heavy atom. The van der Waals surface area contributed by atoms with Gasteiger partial charge in [0.2, 0.25) is 15.9 Å². The molecule has 0 unspecified atom stereocenters. The van der Waals surface area contributed by atoms with Crippen molar-refractivity contribution in [2.75, 3.05) is 38.1 Å². The quantitative estimate of drug-likeness (QED) is 0.664. The Morgan fingerprint density at radius 1 is 1.09 bits per heavy atom. The number of aryl methyl sites for hydroxylation is 1. The predicted octanol–water partition coefficient (Wildman–Crippen LogP) is 3.59. The van der Waals surface area contributed by atoms with E-state index in [0.717, 1.165) is 5.56 Å². The van der Waals surface area contributed by atoms with Crippen molar-refractivity contribution in [1.82, 2.24) is 9.21 Å². The van der Waals surface area contributed by atoms with Gasteiger partial charge in [0.1, 0.15) is 5.75 Å². The second-order valence-electron chi connectivity index (χ2n) is 8.93. The monoisotopic (exact) mass is 493 g/mol. The molecule has 1 aliphatic rings. The third kappa shape index (κ3) is 5.74. The lowest BCUT2D eigenvalue weighted by molar-refractivity contribution is -0.123. The van der Waals surface area contributed by atoms with Crippen LogP contribution in [0.3, 0.4) is 0 Å². The highest BCUT2D eigenvalue weighted by Gasteiger charge is 2.31. The van der Waals surface area contributed by atoms with Crippen molar-refractivity contribution in [3.8, 4) is 5.75 Å². The molecule has 8 nitrogen and oxygen atoms in total. The van der Waals surface area contributed by atoms with Gasteiger partial charge < -0.3 is 15.0 Å². The van der Waals surface area contributed by atoms with Gasteiger partial charge in [-0.15, -0.1) is 11.3 Å². The van der Waals surface area contributed by atoms with E-state index in [1.807, 2.05) is 34.6 Å². The average molecular weight is 494 g/mol. The lowest BCUT2D eigenvalue weighted by Gasteiger charge is -2.34. The Kier molecular flexibility index (Phi) is 7.50. The fourth-order valence-corrected chi connectivity index (χ4v) is 5.81. The number of nitrogens with zero attached hydrogens (tertiary/aromatic N) is 2. The summed E-state index contributed by atoms with van der Waals surface area (Å²) < 4.78 is 32.8. The summed E-state index contributed by atoms with van der Waals surface area (Å²) in [6, 6.07) is 8.17. The Morgan fingerprint density at radius 2 is 1.70 bits per heavy atom. The van der Waals surface area contributed by atoms with Crippen molar-refractivity contribution in [3.05, 3.63) is 40.8 Å². The van der Waals surface area contributed by atoms with Crippen molar-refractivity contribution < 1.29 is 22.7 Å². The number of amides is 2. The zero-order valence-corrected chi connectivity index (χ0v) is 21.3. The number of anilines is 1. The van der Waals surface area contributed by atoms with Gasteiger partial charge in [-0.05, 0) is 49.7 Å². The topological polar surface area (TPSA) is 96.0 Å². The van der Waals surface area contributed by atoms with Crippen molar-refractivity contribution in [3.63, 3.8) is 0 Å². The fourth-order valence-electron chi connectivity index (χ4n) is 3.35. The van der Waals surface area contributed by atoms with Gasteiger partial charge in [-0.1, -0.05) is 20.8 Å². The van der Waals surface area contributed by atoms with Crippen LogP contribution in [0.1, 0.15) is 42.9 Å². The molecule has 1 aromatic carbocycles. The minimum atomic E-state index is -3.64. The van der Waals surface area contributed by atoms with Crippen LogP contribution in [0.25, 0.3) is 0 Å². The molecule has 0 spiro atoms. The van der Waals surface area contributed by atoms with Crippen LogP contribution in [0.15, 0.2) is 35.2 Å². The van der Waals surface area contributed by atoms with Crippen LogP contribution in [0.5, 0.6) is 5.75 Å². The van der Waals surface area contributed by atoms with Crippen molar-refractivity contribution in [1.29, 1.82) is 0 Å². The lowest BCUT2D eigenvalue weighted by Crippen LogP contribution is -2.50. The molecule has 2 aromatic rings. The Labute approximate surface area is 199 Å². The van der Waals surface area contributed by atoms with E-state index in [2.05, 4.69) is 5.32 Å². The van der Waals surface area contributed by atoms with E-state index in [4.69, 9.17) is 4.74 Å². The maximum Gasteiger partial charge on any atom is 0.264 e. The van der Waals surface area contributed by atoms with Crippen molar-refractivity contribution >= 4 is 38.2 Å². The molecular weight excluding hydrogens is 462 g/mol. The van der Waals surface area contributed by atoms with Gasteiger partial charge in [0.15, 0.2) is 0 Å². The Balaban J connectivity index is 1.65. The number of thiophene rings is 1. The molecule has 0 aliphatic carbocycles. The normalized spacial score (nSPS) is 15.4. The number of benzene rings is 1. The van der Waals surface area contributed by atoms with Gasteiger partial charge in [0, 0.05) is 31.6 Å². The minimum Gasteiger partial charge on any atom is -0.494 e. The number of nitrogens with one attached hydrogen (secondary N) is 1. The third-order valence-corrected chi connectivity index (χ3v) is 8.38. The van der Waals surface area contributed by atoms with Crippen LogP contribution in [0.2, 0.25) is 0 Å². The fraction of sp³-hybridized carbons (Fsp3) is 0.478. The first-order chi connectivity index (χ1) is 15.4. The number of piperazine rings is 1. The zero-order valence-electron chi connectivity index (χ0n) is 19.7. The van der Waals surface area contributed by atoms with Crippen LogP contribution in [0.4, 0.5) is 5.00 Å². The Hall–Kier alpha value is -2.43. The van der Waals surface area contributed by atoms with E-state index in [-0.39, 0.29) is 29.8 Å². The maximum absolute atomic E-state index is 13.1. The SMILES string of the molecule is CCOc1ccc(S(=O)(=O)N2CCN(C(=O)c3sc(NC(=O)C(C)(C)C)cc3C)CC2)cc1. The van der Waals surface area contributed by atoms with E-state index >= 15 is 0 Å². The van der Waals surface area contributed by atoms with E-state index in [0.29, 0.717) is 35.3 Å². The minimum absolute atomic E-state index is 0.115. The number of ether oxygens (including phenoxy) is 1. The highest BCUT2D eigenvalue weighted by molar-refractivity contribution is 7.89. The van der Waals surface area contributed by atoms with Crippen molar-refractivity contribution in [2.24, 2.45) is 5.41 Å². The zero-order chi connectivity index (χ0) is 24.4. The summed E-state index contributed by atoms with van der Waals surface area (Å²) >= 11 is 1.25. The van der Waals surface area contributed by atoms with Gasteiger partial charge in [-0.2, -0.15) is 4.31 Å². The molecule has 0 bridgehead atoms. The number of carbonyl (C=O) groups is 2. The summed E-state index contributed by atoms with van der Waals surface area (Å²) in [6.07, 6.45) is 0. The molecule has 2 heterocycles. The molecule has 3 rings (SSSR count). The highest BCUT2D eigenvalue weighted by Crippen LogP contribution is 2.30. The van der Waals surface area contributed by atoms with Crippen LogP contribution in [-0.4, -0.2) is 62.2 Å². The average Bonchev–Trinajstić information content (AvgIpc) is 3.13. The smallest absolute Gasteiger partial charge is 0.264 e. The van der Waals surface area contributed by atoms with Gasteiger partial charge in [-0.25, -0.2) is 8.42 Å². The van der Waals surface area contributed by atoms with Gasteiger partial charge in [0.05, 0.1) is 21.4 Å². The van der Waals surface area contributed by atoms with Crippen LogP contribution in [0, 0.1) is 12.3 Å². The van der Waals surface area contributed by atoms with Crippen molar-refractivity contribution in [2.45, 2.75) is 39.5 Å². The summed E-state index contributed by atoms with van der Waals surface area (Å²) in [5.41, 5.74) is 0.256. The van der Waals surface area contributed by atoms with E-state index in [9.17, 15) is 18.0 Å². The molecular formula is C23H31N3O5S2. The van der Waals surface area contributed by atoms with E-state index in [1.165, 1.54) is 15.6 Å². The van der Waals surface area contributed by atoms with Gasteiger partial charge >= 0.3 is 0 Å². The number of sulfonamides is 1. The van der Waals surface area contributed by atoms with Gasteiger partial charge in [-0.3, -0.25) is 9.59 Å². The second kappa shape index (κ2) is 9.82. The number of hydrogen-bond donors (Lipinski definition) is 1. The molecule has 10 heteroatoms. The standard InChI is InChI=1S/C23H31N3O5S2/c1-6-31-17-7-9-18(10-8-17)33(29,30)26-13-11-25(12-14-26)21(27)20-16(2)15-19(32-20)24-22(28)23(3,4)5/h7-10,15H,6,11-14H2,1-5H3,(H,24,28). The Bertz CT molecular complexity index is 1110. The molecule has 1 fully saturated rings. The molecule has 0 saturated carbocycles. The van der Waals surface area contributed by atoms with Crippen LogP contribution < -0.4 is 10.1 Å². The molecule has 1 N–H and O–H groups in total. The predicted molar refractivity (Wildman–Crippen MR) is 129 cm³/mol. The second-order valence-corrected chi connectivity index (χ2v) is 11.9. The number of carbonyl (C=O) groups excluding carboxylic acids is 2. The highest BCUT2D eigenvalue weighted by atomic mass is 32.2. The largest absolute Gasteiger partial charge is 0.494 e. The summed E-state index contributed by atoms with van der Waals surface area (Å²) in [4.78, 5) is 27.8. The maximum atomic E-state index is 13.1. The molecule has 1 aliphatic heterocycles. The molecule has 0 atom stereocenters. The first kappa shape index (κ1) is 25.2. The summed E-state index contributed by atoms with van der Waals surface area (Å²) in [5.74, 6) is 0.360. The summed E-state index contributed by atoms with van der Waals surface area (Å²) in [5, 5.41) is 3.50. The first-order valence-corrected chi connectivity index (χ1v) is 13.1. The molecule has 1 saturated heterocycles. The van der Waals surface area contributed by atoms with Crippen LogP contribution >= 0.6 is 11.3 Å². The molecule has 180 valence electrons. The van der Waals surface area contributed by atoms with E-state index in [1.54, 1.807) is 35.2 Å². The number of hydrogen-bond acceptors (Lipinski definition) is 6. The molecule has 1 aromatic heterocycles. The summed E-state index contributed by atoms with van der Waals surface area (Å²) in [6.45, 7) is 10.7. The van der Waals surface area contributed by atoms with Crippen LogP contribution in [-0.2, 0) is 14.8 Å². The number of rotatable bonds is 6. The van der Waals surface area contributed by atoms with E-state index < -0.39 is 15.4 Å². The molecule has 33 heavy (non-hydrogen) atoms. The lowest BCUT2D eigenvalue weighted by atomic mass is 9.96. The third-order valence-electron chi connectivity index (χ3n) is 5.33.